The molecule has 5 N–H and O–H groups in total. The van der Waals surface area contributed by atoms with E-state index >= 15 is 0 Å². The van der Waals surface area contributed by atoms with Crippen molar-refractivity contribution in [3.05, 3.63) is 65.9 Å². The number of carbonyl (C=O) groups excluding carboxylic acids is 3. The van der Waals surface area contributed by atoms with Crippen molar-refractivity contribution >= 4 is 34.2 Å². The number of benzene rings is 2. The molecule has 2 aliphatic rings. The number of aromatic nitrogens is 1. The molecule has 8 heteroatoms. The Morgan fingerprint density at radius 2 is 1.89 bits per heavy atom. The van der Waals surface area contributed by atoms with Crippen LogP contribution < -0.4 is 16.4 Å². The number of para-hydroxylation sites is 2. The van der Waals surface area contributed by atoms with E-state index in [0.717, 1.165) is 35.1 Å². The lowest BCUT2D eigenvalue weighted by atomic mass is 9.71. The second-order valence-corrected chi connectivity index (χ2v) is 11.1. The number of rotatable bonds is 6. The zero-order valence-corrected chi connectivity index (χ0v) is 21.6. The van der Waals surface area contributed by atoms with Gasteiger partial charge in [0.15, 0.2) is 5.78 Å². The number of hydrogen-bond acceptors (Lipinski definition) is 5. The van der Waals surface area contributed by atoms with E-state index in [0.29, 0.717) is 19.4 Å². The first-order valence-corrected chi connectivity index (χ1v) is 12.9. The van der Waals surface area contributed by atoms with Crippen molar-refractivity contribution in [2.75, 3.05) is 18.4 Å². The van der Waals surface area contributed by atoms with Gasteiger partial charge in [-0.1, -0.05) is 36.4 Å². The van der Waals surface area contributed by atoms with Crippen LogP contribution in [0.3, 0.4) is 0 Å². The number of ketones is 1. The number of hydrogen-bond donors (Lipinski definition) is 4. The largest absolute Gasteiger partial charge is 0.384 e. The summed E-state index contributed by atoms with van der Waals surface area (Å²) in [4.78, 5) is 44.9. The highest BCUT2D eigenvalue weighted by Gasteiger charge is 2.48. The Morgan fingerprint density at radius 1 is 1.16 bits per heavy atom. The van der Waals surface area contributed by atoms with Gasteiger partial charge in [0.2, 0.25) is 11.8 Å². The summed E-state index contributed by atoms with van der Waals surface area (Å²) in [5, 5.41) is 7.38. The zero-order valence-electron chi connectivity index (χ0n) is 21.6. The molecule has 2 aromatic carbocycles. The number of H-pyrrole nitrogens is 1. The Morgan fingerprint density at radius 3 is 2.65 bits per heavy atom. The number of Topliss-reactive ketones (excluding diaryl/α,β-unsaturated/α-hetero) is 1. The molecule has 1 saturated heterocycles. The Labute approximate surface area is 217 Å². The van der Waals surface area contributed by atoms with Gasteiger partial charge in [0.25, 0.3) is 0 Å². The Kier molecular flexibility index (Phi) is 6.31. The standard InChI is InChI=1S/C29H35N5O3/c1-18(35)25-15-29(17-32-23-11-7-5-9-21(23)29)12-13-34(25)26(36)24(33-27(37)28(2,3)30)14-19-16-31-22-10-6-4-8-20(19)22/h4-11,16,24-25,31-32H,12-15,17,30H2,1-3H3,(H,33,37)/t24-,25?,29?/m1/s1. The maximum Gasteiger partial charge on any atom is 0.246 e. The lowest BCUT2D eigenvalue weighted by Gasteiger charge is -2.45. The normalized spacial score (nSPS) is 21.9. The number of amides is 2. The summed E-state index contributed by atoms with van der Waals surface area (Å²) in [6.45, 7) is 5.96. The van der Waals surface area contributed by atoms with Crippen molar-refractivity contribution in [3.63, 3.8) is 0 Å². The summed E-state index contributed by atoms with van der Waals surface area (Å²) in [6.07, 6.45) is 3.46. The molecule has 0 saturated carbocycles. The molecule has 1 aromatic heterocycles. The van der Waals surface area contributed by atoms with Gasteiger partial charge in [0.05, 0.1) is 11.6 Å². The molecule has 3 atom stereocenters. The van der Waals surface area contributed by atoms with Gasteiger partial charge in [0.1, 0.15) is 6.04 Å². The summed E-state index contributed by atoms with van der Waals surface area (Å²) < 4.78 is 0. The molecule has 0 aliphatic carbocycles. The van der Waals surface area contributed by atoms with Crippen molar-refractivity contribution in [2.24, 2.45) is 5.73 Å². The minimum atomic E-state index is -1.15. The van der Waals surface area contributed by atoms with Crippen LogP contribution in [0.2, 0.25) is 0 Å². The summed E-state index contributed by atoms with van der Waals surface area (Å²) in [7, 11) is 0. The molecule has 37 heavy (non-hydrogen) atoms. The molecule has 1 fully saturated rings. The summed E-state index contributed by atoms with van der Waals surface area (Å²) in [6, 6.07) is 14.6. The molecular formula is C29H35N5O3. The van der Waals surface area contributed by atoms with Crippen LogP contribution in [0.4, 0.5) is 5.69 Å². The number of anilines is 1. The molecule has 1 spiro atoms. The van der Waals surface area contributed by atoms with Crippen molar-refractivity contribution < 1.29 is 14.4 Å². The first-order valence-electron chi connectivity index (χ1n) is 12.9. The molecule has 0 radical (unpaired) electrons. The van der Waals surface area contributed by atoms with Crippen molar-refractivity contribution in [1.82, 2.24) is 15.2 Å². The molecular weight excluding hydrogens is 466 g/mol. The van der Waals surface area contributed by atoms with Crippen molar-refractivity contribution in [1.29, 1.82) is 0 Å². The van der Waals surface area contributed by atoms with E-state index in [2.05, 4.69) is 27.8 Å². The first kappa shape index (κ1) is 25.0. The highest BCUT2D eigenvalue weighted by Crippen LogP contribution is 2.45. The minimum Gasteiger partial charge on any atom is -0.384 e. The number of fused-ring (bicyclic) bond motifs is 3. The third kappa shape index (κ3) is 4.62. The average Bonchev–Trinajstić information content (AvgIpc) is 3.44. The summed E-state index contributed by atoms with van der Waals surface area (Å²) in [5.74, 6) is -0.710. The number of carbonyl (C=O) groups is 3. The van der Waals surface area contributed by atoms with Gasteiger partial charge < -0.3 is 26.3 Å². The van der Waals surface area contributed by atoms with Gasteiger partial charge in [-0.2, -0.15) is 0 Å². The number of likely N-dealkylation sites (tertiary alicyclic amines) is 1. The summed E-state index contributed by atoms with van der Waals surface area (Å²) >= 11 is 0. The second-order valence-electron chi connectivity index (χ2n) is 11.1. The number of piperidine rings is 1. The van der Waals surface area contributed by atoms with E-state index in [4.69, 9.17) is 5.73 Å². The molecule has 2 amide bonds. The fourth-order valence-corrected chi connectivity index (χ4v) is 5.83. The predicted octanol–water partition coefficient (Wildman–Crippen LogP) is 2.88. The van der Waals surface area contributed by atoms with Crippen molar-refractivity contribution in [2.45, 2.75) is 63.1 Å². The lowest BCUT2D eigenvalue weighted by Crippen LogP contribution is -2.61. The number of nitrogens with two attached hydrogens (primary N) is 1. The fourth-order valence-electron chi connectivity index (χ4n) is 5.83. The third-order valence-corrected chi connectivity index (χ3v) is 7.95. The van der Waals surface area contributed by atoms with Gasteiger partial charge >= 0.3 is 0 Å². The van der Waals surface area contributed by atoms with Crippen LogP contribution in [0, 0.1) is 0 Å². The SMILES string of the molecule is CC(=O)C1CC2(CCN1C(=O)[C@@H](Cc1c[nH]c3ccccc13)NC(=O)C(C)(C)N)CNc1ccccc12. The minimum absolute atomic E-state index is 0.0480. The predicted molar refractivity (Wildman–Crippen MR) is 144 cm³/mol. The van der Waals surface area contributed by atoms with E-state index in [1.807, 2.05) is 42.6 Å². The third-order valence-electron chi connectivity index (χ3n) is 7.95. The average molecular weight is 502 g/mol. The Bertz CT molecular complexity index is 1360. The van der Waals surface area contributed by atoms with Gasteiger partial charge in [-0.25, -0.2) is 0 Å². The Hall–Kier alpha value is -3.65. The maximum atomic E-state index is 14.1. The van der Waals surface area contributed by atoms with E-state index in [1.165, 1.54) is 5.56 Å². The highest BCUT2D eigenvalue weighted by atomic mass is 16.2. The molecule has 8 nitrogen and oxygen atoms in total. The van der Waals surface area contributed by atoms with Crippen molar-refractivity contribution in [3.8, 4) is 0 Å². The first-order chi connectivity index (χ1) is 17.6. The topological polar surface area (TPSA) is 120 Å². The van der Waals surface area contributed by atoms with Crippen LogP contribution >= 0.6 is 0 Å². The number of nitrogens with zero attached hydrogens (tertiary/aromatic N) is 1. The van der Waals surface area contributed by atoms with Gasteiger partial charge in [0, 0.05) is 47.7 Å². The van der Waals surface area contributed by atoms with E-state index < -0.39 is 23.5 Å². The molecule has 2 aliphatic heterocycles. The zero-order chi connectivity index (χ0) is 26.4. The van der Waals surface area contributed by atoms with Crippen LogP contribution in [0.25, 0.3) is 10.9 Å². The van der Waals surface area contributed by atoms with Crippen LogP contribution in [0.15, 0.2) is 54.7 Å². The number of nitrogens with one attached hydrogen (secondary N) is 3. The maximum absolute atomic E-state index is 14.1. The molecule has 194 valence electrons. The van der Waals surface area contributed by atoms with Crippen LogP contribution in [-0.2, 0) is 26.2 Å². The quantitative estimate of drug-likeness (QED) is 0.414. The van der Waals surface area contributed by atoms with Gasteiger partial charge in [-0.3, -0.25) is 14.4 Å². The summed E-state index contributed by atoms with van der Waals surface area (Å²) in [5.41, 5.74) is 8.91. The molecule has 3 aromatic rings. The monoisotopic (exact) mass is 501 g/mol. The molecule has 0 bridgehead atoms. The molecule has 3 heterocycles. The second kappa shape index (κ2) is 9.34. The number of aromatic amines is 1. The van der Waals surface area contributed by atoms with E-state index in [1.54, 1.807) is 25.7 Å². The van der Waals surface area contributed by atoms with Crippen LogP contribution in [0.5, 0.6) is 0 Å². The molecule has 5 rings (SSSR count). The van der Waals surface area contributed by atoms with Crippen LogP contribution in [0.1, 0.15) is 44.7 Å². The van der Waals surface area contributed by atoms with E-state index in [9.17, 15) is 14.4 Å². The van der Waals surface area contributed by atoms with E-state index in [-0.39, 0.29) is 17.1 Å². The van der Waals surface area contributed by atoms with Gasteiger partial charge in [-0.15, -0.1) is 0 Å². The smallest absolute Gasteiger partial charge is 0.246 e. The van der Waals surface area contributed by atoms with Gasteiger partial charge in [-0.05, 0) is 56.9 Å². The fraction of sp³-hybridized carbons (Fsp3) is 0.414. The Balaban J connectivity index is 1.44. The van der Waals surface area contributed by atoms with Crippen LogP contribution in [-0.4, -0.2) is 58.2 Å². The lowest BCUT2D eigenvalue weighted by molar-refractivity contribution is -0.145. The molecule has 2 unspecified atom stereocenters. The highest BCUT2D eigenvalue weighted by molar-refractivity contribution is 5.95.